The molecule has 2 saturated heterocycles. The van der Waals surface area contributed by atoms with E-state index in [-0.39, 0.29) is 18.1 Å². The van der Waals surface area contributed by atoms with Gasteiger partial charge in [-0.2, -0.15) is 0 Å². The molecule has 19 heavy (non-hydrogen) atoms. The second kappa shape index (κ2) is 5.49. The van der Waals surface area contributed by atoms with Gasteiger partial charge in [0.25, 0.3) is 0 Å². The van der Waals surface area contributed by atoms with Gasteiger partial charge in [0.05, 0.1) is 25.2 Å². The van der Waals surface area contributed by atoms with E-state index in [1.165, 1.54) is 37.0 Å². The van der Waals surface area contributed by atoms with Gasteiger partial charge in [0.2, 0.25) is 5.91 Å². The van der Waals surface area contributed by atoms with Gasteiger partial charge in [-0.1, -0.05) is 32.1 Å². The summed E-state index contributed by atoms with van der Waals surface area (Å²) in [6.45, 7) is 1.01. The summed E-state index contributed by atoms with van der Waals surface area (Å²) in [4.78, 5) is 25.2. The summed E-state index contributed by atoms with van der Waals surface area (Å²) < 4.78 is 10.1. The maximum Gasteiger partial charge on any atom is 0.416 e. The Hall–Kier alpha value is -1.10. The molecule has 0 aromatic heterocycles. The van der Waals surface area contributed by atoms with Crippen LogP contribution in [0.2, 0.25) is 0 Å². The number of carbonyl (C=O) groups is 2. The van der Waals surface area contributed by atoms with Gasteiger partial charge in [-0.15, -0.1) is 0 Å². The average molecular weight is 267 g/mol. The largest absolute Gasteiger partial charge is 0.447 e. The minimum Gasteiger partial charge on any atom is -0.447 e. The van der Waals surface area contributed by atoms with Gasteiger partial charge >= 0.3 is 6.09 Å². The maximum atomic E-state index is 12.1. The quantitative estimate of drug-likeness (QED) is 0.732. The maximum absolute atomic E-state index is 12.1. The van der Waals surface area contributed by atoms with Gasteiger partial charge in [-0.25, -0.2) is 9.69 Å². The first-order valence-electron chi connectivity index (χ1n) is 7.34. The van der Waals surface area contributed by atoms with E-state index in [2.05, 4.69) is 0 Å². The Kier molecular flexibility index (Phi) is 3.73. The molecular weight excluding hydrogens is 246 g/mol. The van der Waals surface area contributed by atoms with E-state index < -0.39 is 6.09 Å². The number of cyclic esters (lactones) is 1. The molecule has 0 aromatic carbocycles. The molecule has 2 atom stereocenters. The minimum atomic E-state index is -0.466. The van der Waals surface area contributed by atoms with E-state index in [1.807, 2.05) is 0 Å². The highest BCUT2D eigenvalue weighted by atomic mass is 16.6. The fourth-order valence-corrected chi connectivity index (χ4v) is 3.23. The molecule has 5 heteroatoms. The first-order chi connectivity index (χ1) is 9.24. The van der Waals surface area contributed by atoms with Crippen LogP contribution in [0.15, 0.2) is 0 Å². The molecule has 5 nitrogen and oxygen atoms in total. The molecule has 1 unspecified atom stereocenters. The Morgan fingerprint density at radius 2 is 1.95 bits per heavy atom. The van der Waals surface area contributed by atoms with Crippen LogP contribution >= 0.6 is 0 Å². The molecular formula is C14H21NO4. The van der Waals surface area contributed by atoms with Crippen LogP contribution < -0.4 is 0 Å². The fourth-order valence-electron chi connectivity index (χ4n) is 3.23. The molecule has 0 radical (unpaired) electrons. The highest BCUT2D eigenvalue weighted by Crippen LogP contribution is 2.31. The van der Waals surface area contributed by atoms with Crippen molar-refractivity contribution in [2.45, 2.75) is 57.1 Å². The first-order valence-corrected chi connectivity index (χ1v) is 7.34. The molecule has 2 heterocycles. The lowest BCUT2D eigenvalue weighted by Crippen LogP contribution is -2.40. The highest BCUT2D eigenvalue weighted by Gasteiger charge is 2.41. The van der Waals surface area contributed by atoms with Crippen molar-refractivity contribution in [1.29, 1.82) is 0 Å². The average Bonchev–Trinajstić information content (AvgIpc) is 3.14. The SMILES string of the molecule is O=C(CC1CO1)N1C(=O)OC[C@@H]1CC1CCCCC1. The number of carbonyl (C=O) groups excluding carboxylic acids is 2. The van der Waals surface area contributed by atoms with E-state index in [1.54, 1.807) is 0 Å². The Bertz CT molecular complexity index is 360. The van der Waals surface area contributed by atoms with Crippen LogP contribution in [0, 0.1) is 5.92 Å². The molecule has 3 fully saturated rings. The van der Waals surface area contributed by atoms with E-state index in [9.17, 15) is 9.59 Å². The number of amides is 2. The molecule has 1 aliphatic carbocycles. The van der Waals surface area contributed by atoms with Crippen molar-refractivity contribution >= 4 is 12.0 Å². The zero-order valence-electron chi connectivity index (χ0n) is 11.2. The second-order valence-electron chi connectivity index (χ2n) is 5.89. The molecule has 3 rings (SSSR count). The van der Waals surface area contributed by atoms with Gasteiger partial charge in [0.1, 0.15) is 6.61 Å². The molecule has 2 aliphatic heterocycles. The topological polar surface area (TPSA) is 59.1 Å². The minimum absolute atomic E-state index is 0.0243. The number of imide groups is 1. The van der Waals surface area contributed by atoms with Crippen molar-refractivity contribution in [3.05, 3.63) is 0 Å². The van der Waals surface area contributed by atoms with Gasteiger partial charge in [-0.3, -0.25) is 4.79 Å². The monoisotopic (exact) mass is 267 g/mol. The van der Waals surface area contributed by atoms with Crippen molar-refractivity contribution in [3.63, 3.8) is 0 Å². The lowest BCUT2D eigenvalue weighted by Gasteiger charge is -2.26. The Morgan fingerprint density at radius 1 is 1.21 bits per heavy atom. The lowest BCUT2D eigenvalue weighted by atomic mass is 9.85. The molecule has 2 amide bonds. The third kappa shape index (κ3) is 3.08. The van der Waals surface area contributed by atoms with Crippen LogP contribution in [0.4, 0.5) is 4.79 Å². The number of ether oxygens (including phenoxy) is 2. The van der Waals surface area contributed by atoms with Crippen molar-refractivity contribution in [1.82, 2.24) is 4.90 Å². The second-order valence-corrected chi connectivity index (χ2v) is 5.89. The third-order valence-corrected chi connectivity index (χ3v) is 4.36. The van der Waals surface area contributed by atoms with Crippen molar-refractivity contribution < 1.29 is 19.1 Å². The summed E-state index contributed by atoms with van der Waals surface area (Å²) in [5.41, 5.74) is 0. The number of hydrogen-bond donors (Lipinski definition) is 0. The molecule has 0 aromatic rings. The number of hydrogen-bond acceptors (Lipinski definition) is 4. The number of rotatable bonds is 4. The van der Waals surface area contributed by atoms with Crippen LogP contribution in [-0.4, -0.2) is 42.3 Å². The van der Waals surface area contributed by atoms with Crippen molar-refractivity contribution in [2.75, 3.05) is 13.2 Å². The summed E-state index contributed by atoms with van der Waals surface area (Å²) in [5.74, 6) is 0.506. The van der Waals surface area contributed by atoms with Crippen LogP contribution in [-0.2, 0) is 14.3 Å². The normalized spacial score (nSPS) is 31.4. The van der Waals surface area contributed by atoms with Crippen LogP contribution in [0.25, 0.3) is 0 Å². The first kappa shape index (κ1) is 12.9. The predicted molar refractivity (Wildman–Crippen MR) is 67.5 cm³/mol. The third-order valence-electron chi connectivity index (χ3n) is 4.36. The number of nitrogens with zero attached hydrogens (tertiary/aromatic N) is 1. The molecule has 3 aliphatic rings. The van der Waals surface area contributed by atoms with Crippen LogP contribution in [0.1, 0.15) is 44.9 Å². The zero-order chi connectivity index (χ0) is 13.2. The van der Waals surface area contributed by atoms with Crippen molar-refractivity contribution in [3.8, 4) is 0 Å². The fraction of sp³-hybridized carbons (Fsp3) is 0.857. The Labute approximate surface area is 113 Å². The van der Waals surface area contributed by atoms with E-state index >= 15 is 0 Å². The predicted octanol–water partition coefficient (Wildman–Crippen LogP) is 2.09. The van der Waals surface area contributed by atoms with Crippen molar-refractivity contribution in [2.24, 2.45) is 5.92 Å². The number of epoxide rings is 1. The highest BCUT2D eigenvalue weighted by molar-refractivity contribution is 5.93. The van der Waals surface area contributed by atoms with E-state index in [4.69, 9.17) is 9.47 Å². The summed E-state index contributed by atoms with van der Waals surface area (Å²) in [6.07, 6.45) is 7.09. The zero-order valence-corrected chi connectivity index (χ0v) is 11.2. The summed E-state index contributed by atoms with van der Waals surface area (Å²) >= 11 is 0. The van der Waals surface area contributed by atoms with Gasteiger partial charge in [-0.05, 0) is 12.3 Å². The molecule has 1 saturated carbocycles. The molecule has 0 spiro atoms. The molecule has 0 N–H and O–H groups in total. The molecule has 106 valence electrons. The van der Waals surface area contributed by atoms with E-state index in [0.717, 1.165) is 6.42 Å². The standard InChI is InChI=1S/C14H21NO4/c16-13(7-12-9-18-12)15-11(8-19-14(15)17)6-10-4-2-1-3-5-10/h10-12H,1-9H2/t11-,12?/m0/s1. The van der Waals surface area contributed by atoms with Crippen LogP contribution in [0.3, 0.4) is 0 Å². The van der Waals surface area contributed by atoms with Crippen LogP contribution in [0.5, 0.6) is 0 Å². The van der Waals surface area contributed by atoms with E-state index in [0.29, 0.717) is 25.6 Å². The Morgan fingerprint density at radius 3 is 2.63 bits per heavy atom. The van der Waals surface area contributed by atoms with Gasteiger partial charge in [0.15, 0.2) is 0 Å². The van der Waals surface area contributed by atoms with Gasteiger partial charge < -0.3 is 9.47 Å². The summed E-state index contributed by atoms with van der Waals surface area (Å²) in [6, 6.07) is -0.0538. The molecule has 0 bridgehead atoms. The lowest BCUT2D eigenvalue weighted by molar-refractivity contribution is -0.129. The summed E-state index contributed by atoms with van der Waals surface area (Å²) in [5, 5.41) is 0. The van der Waals surface area contributed by atoms with Gasteiger partial charge in [0, 0.05) is 0 Å². The Balaban J connectivity index is 1.58. The summed E-state index contributed by atoms with van der Waals surface area (Å²) in [7, 11) is 0. The smallest absolute Gasteiger partial charge is 0.416 e.